The fourth-order valence-electron chi connectivity index (χ4n) is 1.58. The molecule has 0 bridgehead atoms. The number of aromatic nitrogens is 2. The molecule has 1 amide bonds. The van der Waals surface area contributed by atoms with Crippen molar-refractivity contribution in [2.45, 2.75) is 32.2 Å². The first-order chi connectivity index (χ1) is 8.92. The van der Waals surface area contributed by atoms with E-state index in [9.17, 15) is 19.2 Å². The molecule has 4 N–H and O–H groups in total. The van der Waals surface area contributed by atoms with Crippen molar-refractivity contribution in [2.75, 3.05) is 0 Å². The van der Waals surface area contributed by atoms with Gasteiger partial charge in [0.05, 0.1) is 6.42 Å². The van der Waals surface area contributed by atoms with Crippen LogP contribution < -0.4 is 16.6 Å². The Bertz CT molecular complexity index is 546. The summed E-state index contributed by atoms with van der Waals surface area (Å²) in [5, 5.41) is 11.2. The fraction of sp³-hybridized carbons (Fsp3) is 0.455. The van der Waals surface area contributed by atoms with Crippen LogP contribution in [0.2, 0.25) is 0 Å². The van der Waals surface area contributed by atoms with Crippen molar-refractivity contribution < 1.29 is 14.7 Å². The Morgan fingerprint density at radius 3 is 2.58 bits per heavy atom. The Hall–Kier alpha value is -2.38. The standard InChI is InChI=1S/C11H15N3O5/c1-2-3-7(10(17)18)13-8(15)4-6-5-9(16)14-11(19)12-6/h5,7H,2-4H2,1H3,(H,13,15)(H,17,18)(H2,12,14,16,19). The molecule has 0 saturated heterocycles. The Balaban J connectivity index is 2.71. The average Bonchev–Trinajstić information content (AvgIpc) is 2.26. The Labute approximate surface area is 107 Å². The van der Waals surface area contributed by atoms with Crippen molar-refractivity contribution in [3.63, 3.8) is 0 Å². The third kappa shape index (κ3) is 4.78. The van der Waals surface area contributed by atoms with Crippen molar-refractivity contribution in [1.82, 2.24) is 15.3 Å². The zero-order chi connectivity index (χ0) is 14.4. The van der Waals surface area contributed by atoms with Gasteiger partial charge in [-0.2, -0.15) is 0 Å². The summed E-state index contributed by atoms with van der Waals surface area (Å²) < 4.78 is 0. The molecular formula is C11H15N3O5. The Kier molecular flexibility index (Phi) is 5.04. The second-order valence-electron chi connectivity index (χ2n) is 4.04. The van der Waals surface area contributed by atoms with Crippen LogP contribution in [-0.4, -0.2) is 33.0 Å². The van der Waals surface area contributed by atoms with Crippen LogP contribution in [0.5, 0.6) is 0 Å². The molecule has 1 unspecified atom stereocenters. The molecule has 0 spiro atoms. The van der Waals surface area contributed by atoms with Crippen molar-refractivity contribution >= 4 is 11.9 Å². The van der Waals surface area contributed by atoms with Gasteiger partial charge >= 0.3 is 11.7 Å². The molecule has 1 rings (SSSR count). The first-order valence-corrected chi connectivity index (χ1v) is 5.77. The molecule has 0 aliphatic rings. The van der Waals surface area contributed by atoms with Crippen LogP contribution in [0.4, 0.5) is 0 Å². The normalized spacial score (nSPS) is 11.8. The second kappa shape index (κ2) is 6.53. The molecule has 0 aliphatic carbocycles. The summed E-state index contributed by atoms with van der Waals surface area (Å²) in [5.74, 6) is -1.68. The minimum Gasteiger partial charge on any atom is -0.480 e. The number of rotatable bonds is 6. The molecular weight excluding hydrogens is 254 g/mol. The van der Waals surface area contributed by atoms with Gasteiger partial charge in [0.1, 0.15) is 6.04 Å². The quantitative estimate of drug-likeness (QED) is 0.524. The number of H-pyrrole nitrogens is 2. The van der Waals surface area contributed by atoms with Crippen LogP contribution in [0.1, 0.15) is 25.5 Å². The Morgan fingerprint density at radius 1 is 1.37 bits per heavy atom. The average molecular weight is 269 g/mol. The van der Waals surface area contributed by atoms with Crippen LogP contribution in [-0.2, 0) is 16.0 Å². The maximum Gasteiger partial charge on any atom is 0.326 e. The molecule has 0 aliphatic heterocycles. The van der Waals surface area contributed by atoms with E-state index in [2.05, 4.69) is 10.3 Å². The van der Waals surface area contributed by atoms with Gasteiger partial charge in [-0.05, 0) is 6.42 Å². The maximum atomic E-state index is 11.6. The van der Waals surface area contributed by atoms with E-state index in [1.54, 1.807) is 6.92 Å². The lowest BCUT2D eigenvalue weighted by Gasteiger charge is -2.13. The summed E-state index contributed by atoms with van der Waals surface area (Å²) >= 11 is 0. The highest BCUT2D eigenvalue weighted by atomic mass is 16.4. The third-order valence-electron chi connectivity index (χ3n) is 2.38. The summed E-state index contributed by atoms with van der Waals surface area (Å²) in [5.41, 5.74) is -1.19. The molecule has 8 heteroatoms. The van der Waals surface area contributed by atoms with E-state index in [0.29, 0.717) is 12.8 Å². The van der Waals surface area contributed by atoms with Gasteiger partial charge in [0.2, 0.25) is 5.91 Å². The number of amides is 1. The number of carboxylic acid groups (broad SMARTS) is 1. The number of aromatic amines is 2. The van der Waals surface area contributed by atoms with Gasteiger partial charge in [0, 0.05) is 11.8 Å². The van der Waals surface area contributed by atoms with Crippen molar-refractivity contribution in [3.8, 4) is 0 Å². The van der Waals surface area contributed by atoms with Crippen LogP contribution in [0, 0.1) is 0 Å². The number of nitrogens with one attached hydrogen (secondary N) is 3. The van der Waals surface area contributed by atoms with E-state index in [0.717, 1.165) is 6.07 Å². The van der Waals surface area contributed by atoms with Gasteiger partial charge in [-0.1, -0.05) is 13.3 Å². The highest BCUT2D eigenvalue weighted by molar-refractivity contribution is 5.84. The van der Waals surface area contributed by atoms with Crippen LogP contribution >= 0.6 is 0 Å². The topological polar surface area (TPSA) is 132 Å². The van der Waals surface area contributed by atoms with Gasteiger partial charge in [-0.25, -0.2) is 9.59 Å². The zero-order valence-corrected chi connectivity index (χ0v) is 10.4. The van der Waals surface area contributed by atoms with E-state index in [1.165, 1.54) is 0 Å². The maximum absolute atomic E-state index is 11.6. The van der Waals surface area contributed by atoms with Gasteiger partial charge in [-0.15, -0.1) is 0 Å². The summed E-state index contributed by atoms with van der Waals surface area (Å²) in [6.45, 7) is 1.80. The summed E-state index contributed by atoms with van der Waals surface area (Å²) in [6.07, 6.45) is 0.665. The highest BCUT2D eigenvalue weighted by Gasteiger charge is 2.18. The summed E-state index contributed by atoms with van der Waals surface area (Å²) in [7, 11) is 0. The van der Waals surface area contributed by atoms with E-state index in [4.69, 9.17) is 5.11 Å². The molecule has 0 fully saturated rings. The lowest BCUT2D eigenvalue weighted by molar-refractivity contribution is -0.141. The van der Waals surface area contributed by atoms with Gasteiger partial charge in [-0.3, -0.25) is 14.6 Å². The minimum absolute atomic E-state index is 0.131. The van der Waals surface area contributed by atoms with E-state index >= 15 is 0 Å². The molecule has 0 aromatic carbocycles. The molecule has 8 nitrogen and oxygen atoms in total. The molecule has 1 heterocycles. The van der Waals surface area contributed by atoms with Gasteiger partial charge < -0.3 is 15.4 Å². The first-order valence-electron chi connectivity index (χ1n) is 5.77. The lowest BCUT2D eigenvalue weighted by atomic mass is 10.1. The number of carboxylic acids is 1. The molecule has 0 radical (unpaired) electrons. The molecule has 1 aromatic rings. The van der Waals surface area contributed by atoms with Gasteiger partial charge in [0.15, 0.2) is 0 Å². The molecule has 19 heavy (non-hydrogen) atoms. The minimum atomic E-state index is -1.12. The second-order valence-corrected chi connectivity index (χ2v) is 4.04. The molecule has 1 atom stereocenters. The lowest BCUT2D eigenvalue weighted by Crippen LogP contribution is -2.41. The Morgan fingerprint density at radius 2 is 2.05 bits per heavy atom. The number of hydrogen-bond acceptors (Lipinski definition) is 4. The van der Waals surface area contributed by atoms with E-state index in [1.807, 2.05) is 4.98 Å². The summed E-state index contributed by atoms with van der Waals surface area (Å²) in [4.78, 5) is 48.8. The molecule has 0 saturated carbocycles. The smallest absolute Gasteiger partial charge is 0.326 e. The largest absolute Gasteiger partial charge is 0.480 e. The first kappa shape index (κ1) is 14.7. The molecule has 1 aromatic heterocycles. The van der Waals surface area contributed by atoms with Gasteiger partial charge in [0.25, 0.3) is 5.56 Å². The van der Waals surface area contributed by atoms with Crippen LogP contribution in [0.3, 0.4) is 0 Å². The number of carbonyl (C=O) groups is 2. The van der Waals surface area contributed by atoms with E-state index in [-0.39, 0.29) is 12.1 Å². The number of hydrogen-bond donors (Lipinski definition) is 4. The molecule has 104 valence electrons. The number of carbonyl (C=O) groups excluding carboxylic acids is 1. The highest BCUT2D eigenvalue weighted by Crippen LogP contribution is 1.98. The summed E-state index contributed by atoms with van der Waals surface area (Å²) in [6, 6.07) is 0.113. The number of aliphatic carboxylic acids is 1. The monoisotopic (exact) mass is 269 g/mol. The van der Waals surface area contributed by atoms with E-state index < -0.39 is 29.2 Å². The van der Waals surface area contributed by atoms with Crippen LogP contribution in [0.25, 0.3) is 0 Å². The van der Waals surface area contributed by atoms with Crippen LogP contribution in [0.15, 0.2) is 15.7 Å². The SMILES string of the molecule is CCCC(NC(=O)Cc1cc(=O)[nH]c(=O)[nH]1)C(=O)O. The third-order valence-corrected chi connectivity index (χ3v) is 2.38. The predicted molar refractivity (Wildman–Crippen MR) is 65.9 cm³/mol. The predicted octanol–water partition coefficient (Wildman–Crippen LogP) is -1.02. The van der Waals surface area contributed by atoms with Crippen molar-refractivity contribution in [2.24, 2.45) is 0 Å². The fourth-order valence-corrected chi connectivity index (χ4v) is 1.58. The van der Waals surface area contributed by atoms with Crippen molar-refractivity contribution in [1.29, 1.82) is 0 Å². The van der Waals surface area contributed by atoms with Crippen molar-refractivity contribution in [3.05, 3.63) is 32.6 Å². The zero-order valence-electron chi connectivity index (χ0n) is 10.4.